The summed E-state index contributed by atoms with van der Waals surface area (Å²) in [5.74, 6) is -1.16. The molecule has 0 aliphatic rings. The molecule has 29 heavy (non-hydrogen) atoms. The van der Waals surface area contributed by atoms with Gasteiger partial charge in [-0.15, -0.1) is 0 Å². The largest absolute Gasteiger partial charge is 1.00 e. The maximum absolute atomic E-state index is 11.9. The van der Waals surface area contributed by atoms with Crippen LogP contribution in [-0.2, 0) is 30.3 Å². The zero-order chi connectivity index (χ0) is 21.2. The van der Waals surface area contributed by atoms with E-state index in [1.165, 1.54) is 18.2 Å². The maximum atomic E-state index is 11.9. The van der Waals surface area contributed by atoms with Crippen molar-refractivity contribution in [2.75, 3.05) is 52.9 Å². The summed E-state index contributed by atoms with van der Waals surface area (Å²) in [6.45, 7) is 0.642. The van der Waals surface area contributed by atoms with Crippen LogP contribution < -0.4 is 51.4 Å². The number of hydrogen-bond acceptors (Lipinski definition) is 10. The Kier molecular flexibility index (Phi) is 22.3. The third-order valence-corrected chi connectivity index (χ3v) is 2.73. The number of benzene rings is 1. The van der Waals surface area contributed by atoms with Crippen LogP contribution in [0.5, 0.6) is 0 Å². The first kappa shape index (κ1) is 30.9. The minimum atomic E-state index is -2.86. The Hall–Kier alpha value is -0.294. The van der Waals surface area contributed by atoms with Crippen molar-refractivity contribution in [3.63, 3.8) is 0 Å². The van der Waals surface area contributed by atoms with Gasteiger partial charge in [-0.25, -0.2) is 13.8 Å². The Bertz CT molecular complexity index is 555. The van der Waals surface area contributed by atoms with E-state index in [1.54, 1.807) is 6.07 Å². The first-order valence-corrected chi connectivity index (χ1v) is 9.05. The van der Waals surface area contributed by atoms with Crippen LogP contribution in [0.3, 0.4) is 0 Å². The predicted octanol–water partition coefficient (Wildman–Crippen LogP) is -3.64. The van der Waals surface area contributed by atoms with E-state index in [-0.39, 0.29) is 115 Å². The molecule has 13 heteroatoms. The molecule has 0 saturated heterocycles. The average molecular weight is 463 g/mol. The third-order valence-electron chi connectivity index (χ3n) is 2.73. The summed E-state index contributed by atoms with van der Waals surface area (Å²) in [5.41, 5.74) is 0.450. The number of rotatable bonds is 12. The van der Waals surface area contributed by atoms with Crippen molar-refractivity contribution in [1.29, 1.82) is 0 Å². The number of carbonyl (C=O) groups excluding carboxylic acids is 2. The Labute approximate surface area is 213 Å². The van der Waals surface area contributed by atoms with Crippen molar-refractivity contribution in [2.45, 2.75) is 0 Å². The molecule has 0 aliphatic carbocycles. The van der Waals surface area contributed by atoms with Crippen LogP contribution >= 0.6 is 0 Å². The fourth-order valence-corrected chi connectivity index (χ4v) is 1.66. The van der Waals surface area contributed by atoms with Crippen LogP contribution in [0.25, 0.3) is 0 Å². The smallest absolute Gasteiger partial charge is 0.750 e. The van der Waals surface area contributed by atoms with Gasteiger partial charge in [0.15, 0.2) is 0 Å². The second-order valence-corrected chi connectivity index (χ2v) is 5.18. The summed E-state index contributed by atoms with van der Waals surface area (Å²) in [4.78, 5) is 23.7. The van der Waals surface area contributed by atoms with Crippen LogP contribution in [0.4, 0.5) is 0 Å². The van der Waals surface area contributed by atoms with Gasteiger partial charge >= 0.3 is 63.3 Å². The van der Waals surface area contributed by atoms with Gasteiger partial charge in [0.05, 0.1) is 62.1 Å². The molecule has 0 aromatic heterocycles. The summed E-state index contributed by atoms with van der Waals surface area (Å²) in [6.07, 6.45) is 0. The Morgan fingerprint density at radius 1 is 0.862 bits per heavy atom. The zero-order valence-corrected chi connectivity index (χ0v) is 19.9. The van der Waals surface area contributed by atoms with Crippen molar-refractivity contribution >= 4 is 23.3 Å². The monoisotopic (exact) mass is 462 g/mol. The molecule has 0 radical (unpaired) electrons. The van der Waals surface area contributed by atoms with Gasteiger partial charge in [-0.1, -0.05) is 6.07 Å². The van der Waals surface area contributed by atoms with E-state index < -0.39 is 23.3 Å². The SMILES string of the molecule is O=C(OCCOCCO)c1cccc(C(=O)OCCOCCO)c1.O=S([O-])O.[K+]. The predicted molar refractivity (Wildman–Crippen MR) is 94.4 cm³/mol. The average Bonchev–Trinajstić information content (AvgIpc) is 2.67. The molecular weight excluding hydrogens is 439 g/mol. The van der Waals surface area contributed by atoms with Crippen molar-refractivity contribution < 1.29 is 103 Å². The van der Waals surface area contributed by atoms with Crippen LogP contribution in [0.2, 0.25) is 0 Å². The fraction of sp³-hybridized carbons (Fsp3) is 0.500. The molecule has 1 unspecified atom stereocenters. The molecular formula is C16H23KO11S. The van der Waals surface area contributed by atoms with Gasteiger partial charge in [-0.05, 0) is 18.2 Å². The van der Waals surface area contributed by atoms with E-state index in [0.29, 0.717) is 0 Å². The van der Waals surface area contributed by atoms with Gasteiger partial charge in [0.1, 0.15) is 13.2 Å². The molecule has 1 aromatic carbocycles. The second kappa shape index (κ2) is 21.0. The number of hydrogen-bond donors (Lipinski definition) is 3. The standard InChI is InChI=1S/C16H22O8.K.H2O3S/c17-4-6-21-8-10-23-15(19)13-2-1-3-14(12-13)16(20)24-11-9-22-7-5-18;;1-4(2)3/h1-3,12,17-18H,4-11H2;;(H2,1,2,3)/q;+1;/p-1. The van der Waals surface area contributed by atoms with Crippen molar-refractivity contribution in [2.24, 2.45) is 0 Å². The van der Waals surface area contributed by atoms with Crippen LogP contribution in [0.1, 0.15) is 20.7 Å². The molecule has 0 fully saturated rings. The quantitative estimate of drug-likeness (QED) is 0.121. The molecule has 1 rings (SSSR count). The van der Waals surface area contributed by atoms with Crippen molar-refractivity contribution in [3.05, 3.63) is 35.4 Å². The molecule has 0 saturated carbocycles. The molecule has 1 aromatic rings. The van der Waals surface area contributed by atoms with E-state index in [9.17, 15) is 9.59 Å². The van der Waals surface area contributed by atoms with Gasteiger partial charge in [-0.2, -0.15) is 0 Å². The normalized spacial score (nSPS) is 10.8. The van der Waals surface area contributed by atoms with E-state index in [2.05, 4.69) is 0 Å². The van der Waals surface area contributed by atoms with E-state index in [1.807, 2.05) is 0 Å². The van der Waals surface area contributed by atoms with Gasteiger partial charge < -0.3 is 38.3 Å². The van der Waals surface area contributed by atoms with E-state index in [4.69, 9.17) is 42.5 Å². The molecule has 0 amide bonds. The second-order valence-electron chi connectivity index (χ2n) is 4.74. The molecule has 0 aliphatic heterocycles. The van der Waals surface area contributed by atoms with Gasteiger partial charge in [-0.3, -0.25) is 0 Å². The Morgan fingerprint density at radius 2 is 1.24 bits per heavy atom. The van der Waals surface area contributed by atoms with Gasteiger partial charge in [0.2, 0.25) is 0 Å². The van der Waals surface area contributed by atoms with Crippen LogP contribution in [0.15, 0.2) is 24.3 Å². The summed E-state index contributed by atoms with van der Waals surface area (Å²) in [6, 6.07) is 5.99. The number of aliphatic hydroxyl groups excluding tert-OH is 2. The Balaban J connectivity index is 0. The number of carbonyl (C=O) groups is 2. The topological polar surface area (TPSA) is 172 Å². The number of aliphatic hydroxyl groups is 2. The van der Waals surface area contributed by atoms with Crippen molar-refractivity contribution in [1.82, 2.24) is 0 Å². The molecule has 0 heterocycles. The summed E-state index contributed by atoms with van der Waals surface area (Å²) in [7, 11) is 0. The molecule has 0 spiro atoms. The van der Waals surface area contributed by atoms with Crippen molar-refractivity contribution in [3.8, 4) is 0 Å². The molecule has 1 atom stereocenters. The maximum Gasteiger partial charge on any atom is 1.00 e. The zero-order valence-electron chi connectivity index (χ0n) is 16.0. The third kappa shape index (κ3) is 18.2. The molecule has 11 nitrogen and oxygen atoms in total. The number of ether oxygens (including phenoxy) is 4. The molecule has 3 N–H and O–H groups in total. The van der Waals surface area contributed by atoms with Gasteiger partial charge in [0, 0.05) is 0 Å². The number of esters is 2. The molecule has 160 valence electrons. The minimum Gasteiger partial charge on any atom is -0.750 e. The Morgan fingerprint density at radius 3 is 1.59 bits per heavy atom. The minimum absolute atomic E-state index is 0. The van der Waals surface area contributed by atoms with Crippen LogP contribution in [-0.4, -0.2) is 88.3 Å². The van der Waals surface area contributed by atoms with E-state index in [0.717, 1.165) is 0 Å². The van der Waals surface area contributed by atoms with E-state index >= 15 is 0 Å². The molecule has 0 bridgehead atoms. The first-order valence-electron chi connectivity index (χ1n) is 8.02. The van der Waals surface area contributed by atoms with Crippen LogP contribution in [0, 0.1) is 0 Å². The summed E-state index contributed by atoms with van der Waals surface area (Å²) >= 11 is -2.86. The summed E-state index contributed by atoms with van der Waals surface area (Å²) < 4.78 is 44.0. The fourth-order valence-electron chi connectivity index (χ4n) is 1.66. The van der Waals surface area contributed by atoms with Gasteiger partial charge in [0.25, 0.3) is 0 Å². The first-order chi connectivity index (χ1) is 13.4. The summed E-state index contributed by atoms with van der Waals surface area (Å²) in [5, 5.41) is 17.1.